The average molecular weight is 316 g/mol. The van der Waals surface area contributed by atoms with Crippen LogP contribution < -0.4 is 11.1 Å². The largest absolute Gasteiger partial charge is 0.330 e. The van der Waals surface area contributed by atoms with E-state index in [0.717, 1.165) is 5.01 Å². The van der Waals surface area contributed by atoms with E-state index in [1.807, 2.05) is 0 Å². The number of nitrogens with two attached hydrogens (primary N) is 1. The molecular formula is C12H11Cl2N3OS. The van der Waals surface area contributed by atoms with Gasteiger partial charge >= 0.3 is 0 Å². The van der Waals surface area contributed by atoms with Crippen molar-refractivity contribution in [3.05, 3.63) is 44.3 Å². The first-order chi connectivity index (χ1) is 9.11. The maximum atomic E-state index is 12.0. The lowest BCUT2D eigenvalue weighted by molar-refractivity contribution is 0.102. The molecule has 0 aliphatic rings. The number of rotatable bonds is 4. The van der Waals surface area contributed by atoms with Gasteiger partial charge in [-0.05, 0) is 18.7 Å². The number of carbonyl (C=O) groups is 1. The fourth-order valence-electron chi connectivity index (χ4n) is 1.44. The minimum absolute atomic E-state index is 0.315. The highest BCUT2D eigenvalue weighted by atomic mass is 35.5. The summed E-state index contributed by atoms with van der Waals surface area (Å²) in [5.41, 5.74) is 6.26. The van der Waals surface area contributed by atoms with Gasteiger partial charge < -0.3 is 11.1 Å². The van der Waals surface area contributed by atoms with E-state index in [4.69, 9.17) is 28.9 Å². The highest BCUT2D eigenvalue weighted by Gasteiger charge is 2.13. The van der Waals surface area contributed by atoms with Crippen LogP contribution in [0.4, 0.5) is 5.69 Å². The van der Waals surface area contributed by atoms with Gasteiger partial charge in [0.05, 0.1) is 20.7 Å². The molecule has 7 heteroatoms. The third-order valence-electron chi connectivity index (χ3n) is 2.34. The lowest BCUT2D eigenvalue weighted by Gasteiger charge is -2.06. The summed E-state index contributed by atoms with van der Waals surface area (Å²) in [6.45, 7) is 0.509. The predicted octanol–water partition coefficient (Wildman–Crippen LogP) is 3.20. The summed E-state index contributed by atoms with van der Waals surface area (Å²) >= 11 is 13.3. The van der Waals surface area contributed by atoms with Gasteiger partial charge in [-0.15, -0.1) is 11.3 Å². The van der Waals surface area contributed by atoms with Gasteiger partial charge in [-0.2, -0.15) is 0 Å². The molecule has 0 aliphatic heterocycles. The lowest BCUT2D eigenvalue weighted by atomic mass is 10.3. The Hall–Kier alpha value is -1.14. The van der Waals surface area contributed by atoms with E-state index in [1.54, 1.807) is 23.6 Å². The van der Waals surface area contributed by atoms with E-state index in [1.165, 1.54) is 11.3 Å². The Morgan fingerprint density at radius 2 is 2.21 bits per heavy atom. The van der Waals surface area contributed by atoms with Crippen LogP contribution in [0.3, 0.4) is 0 Å². The number of amides is 1. The summed E-state index contributed by atoms with van der Waals surface area (Å²) in [6, 6.07) is 5.05. The molecule has 100 valence electrons. The Kier molecular flexibility index (Phi) is 4.76. The van der Waals surface area contributed by atoms with Gasteiger partial charge in [0.1, 0.15) is 5.69 Å². The molecule has 0 fully saturated rings. The zero-order chi connectivity index (χ0) is 13.8. The summed E-state index contributed by atoms with van der Waals surface area (Å²) in [6.07, 6.45) is 0.663. The van der Waals surface area contributed by atoms with Crippen LogP contribution in [0.25, 0.3) is 0 Å². The van der Waals surface area contributed by atoms with Crippen LogP contribution in [-0.4, -0.2) is 17.4 Å². The first-order valence-electron chi connectivity index (χ1n) is 5.51. The standard InChI is InChI=1S/C12H11Cl2N3OS/c13-7-2-1-3-8(11(7)14)17-12(18)9-6-19-10(16-9)4-5-15/h1-3,6H,4-5,15H2,(H,17,18). The average Bonchev–Trinajstić information content (AvgIpc) is 2.84. The van der Waals surface area contributed by atoms with Gasteiger partial charge in [-0.25, -0.2) is 4.98 Å². The van der Waals surface area contributed by atoms with Crippen LogP contribution in [0.5, 0.6) is 0 Å². The van der Waals surface area contributed by atoms with Crippen molar-refractivity contribution in [1.82, 2.24) is 4.98 Å². The van der Waals surface area contributed by atoms with Gasteiger partial charge in [-0.1, -0.05) is 29.3 Å². The Morgan fingerprint density at radius 3 is 2.95 bits per heavy atom. The zero-order valence-electron chi connectivity index (χ0n) is 9.82. The van der Waals surface area contributed by atoms with Gasteiger partial charge in [0, 0.05) is 11.8 Å². The molecule has 0 saturated heterocycles. The quantitative estimate of drug-likeness (QED) is 0.910. The number of carbonyl (C=O) groups excluding carboxylic acids is 1. The van der Waals surface area contributed by atoms with Crippen molar-refractivity contribution < 1.29 is 4.79 Å². The summed E-state index contributed by atoms with van der Waals surface area (Å²) < 4.78 is 0. The summed E-state index contributed by atoms with van der Waals surface area (Å²) in [5, 5.41) is 5.92. The van der Waals surface area contributed by atoms with Gasteiger partial charge in [0.15, 0.2) is 0 Å². The third-order valence-corrected chi connectivity index (χ3v) is 4.07. The Balaban J connectivity index is 2.14. The van der Waals surface area contributed by atoms with E-state index in [-0.39, 0.29) is 5.91 Å². The molecule has 0 spiro atoms. The van der Waals surface area contributed by atoms with Gasteiger partial charge in [-0.3, -0.25) is 4.79 Å². The molecule has 0 aliphatic carbocycles. The molecule has 0 saturated carbocycles. The smallest absolute Gasteiger partial charge is 0.275 e. The zero-order valence-corrected chi connectivity index (χ0v) is 12.1. The number of aromatic nitrogens is 1. The fourth-order valence-corrected chi connectivity index (χ4v) is 2.58. The molecule has 2 rings (SSSR count). The third kappa shape index (κ3) is 3.45. The molecule has 1 aromatic carbocycles. The Morgan fingerprint density at radius 1 is 1.42 bits per heavy atom. The van der Waals surface area contributed by atoms with Crippen molar-refractivity contribution in [2.75, 3.05) is 11.9 Å². The van der Waals surface area contributed by atoms with Crippen LogP contribution in [-0.2, 0) is 6.42 Å². The lowest BCUT2D eigenvalue weighted by Crippen LogP contribution is -2.13. The topological polar surface area (TPSA) is 68.0 Å². The molecule has 0 bridgehead atoms. The molecule has 0 radical (unpaired) electrons. The molecule has 1 aromatic heterocycles. The van der Waals surface area contributed by atoms with E-state index in [9.17, 15) is 4.79 Å². The second-order valence-corrected chi connectivity index (χ2v) is 5.45. The molecule has 0 unspecified atom stereocenters. The summed E-state index contributed by atoms with van der Waals surface area (Å²) in [5.74, 6) is -0.316. The van der Waals surface area contributed by atoms with E-state index >= 15 is 0 Å². The molecule has 19 heavy (non-hydrogen) atoms. The second kappa shape index (κ2) is 6.34. The maximum absolute atomic E-state index is 12.0. The van der Waals surface area contributed by atoms with Crippen molar-refractivity contribution >= 4 is 46.1 Å². The van der Waals surface area contributed by atoms with E-state index in [0.29, 0.717) is 34.4 Å². The number of nitrogens with one attached hydrogen (secondary N) is 1. The first kappa shape index (κ1) is 14.3. The number of anilines is 1. The van der Waals surface area contributed by atoms with Gasteiger partial charge in [0.25, 0.3) is 5.91 Å². The normalized spacial score (nSPS) is 10.5. The number of thiazole rings is 1. The van der Waals surface area contributed by atoms with Crippen LogP contribution >= 0.6 is 34.5 Å². The number of hydrogen-bond acceptors (Lipinski definition) is 4. The molecular weight excluding hydrogens is 305 g/mol. The highest BCUT2D eigenvalue weighted by molar-refractivity contribution is 7.09. The van der Waals surface area contributed by atoms with Crippen LogP contribution in [0, 0.1) is 0 Å². The Labute approximate surface area is 124 Å². The van der Waals surface area contributed by atoms with Crippen molar-refractivity contribution in [3.63, 3.8) is 0 Å². The van der Waals surface area contributed by atoms with Crippen molar-refractivity contribution in [2.24, 2.45) is 5.73 Å². The summed E-state index contributed by atoms with van der Waals surface area (Å²) in [7, 11) is 0. The summed E-state index contributed by atoms with van der Waals surface area (Å²) in [4.78, 5) is 16.2. The predicted molar refractivity (Wildman–Crippen MR) is 79.3 cm³/mol. The van der Waals surface area contributed by atoms with Crippen molar-refractivity contribution in [1.29, 1.82) is 0 Å². The molecule has 2 aromatic rings. The van der Waals surface area contributed by atoms with Crippen LogP contribution in [0.2, 0.25) is 10.0 Å². The van der Waals surface area contributed by atoms with Crippen LogP contribution in [0.1, 0.15) is 15.5 Å². The minimum atomic E-state index is -0.316. The highest BCUT2D eigenvalue weighted by Crippen LogP contribution is 2.29. The second-order valence-electron chi connectivity index (χ2n) is 3.72. The number of benzene rings is 1. The van der Waals surface area contributed by atoms with E-state index in [2.05, 4.69) is 10.3 Å². The fraction of sp³-hybridized carbons (Fsp3) is 0.167. The molecule has 3 N–H and O–H groups in total. The monoisotopic (exact) mass is 315 g/mol. The van der Waals surface area contributed by atoms with Crippen molar-refractivity contribution in [3.8, 4) is 0 Å². The molecule has 1 amide bonds. The number of halogens is 2. The van der Waals surface area contributed by atoms with Crippen LogP contribution in [0.15, 0.2) is 23.6 Å². The van der Waals surface area contributed by atoms with E-state index < -0.39 is 0 Å². The minimum Gasteiger partial charge on any atom is -0.330 e. The maximum Gasteiger partial charge on any atom is 0.275 e. The van der Waals surface area contributed by atoms with Crippen molar-refractivity contribution in [2.45, 2.75) is 6.42 Å². The SMILES string of the molecule is NCCc1nc(C(=O)Nc2cccc(Cl)c2Cl)cs1. The first-order valence-corrected chi connectivity index (χ1v) is 7.15. The Bertz CT molecular complexity index is 600. The molecule has 1 heterocycles. The van der Waals surface area contributed by atoms with Gasteiger partial charge in [0.2, 0.25) is 0 Å². The number of hydrogen-bond donors (Lipinski definition) is 2. The molecule has 4 nitrogen and oxygen atoms in total. The number of nitrogens with zero attached hydrogens (tertiary/aromatic N) is 1. The molecule has 0 atom stereocenters.